The lowest BCUT2D eigenvalue weighted by atomic mass is 9.95. The van der Waals surface area contributed by atoms with E-state index in [4.69, 9.17) is 21.3 Å². The van der Waals surface area contributed by atoms with Gasteiger partial charge in [0, 0.05) is 49.4 Å². The normalized spacial score (nSPS) is 18.6. The molecule has 3 aromatic heterocycles. The van der Waals surface area contributed by atoms with Crippen molar-refractivity contribution in [3.8, 4) is 17.3 Å². The zero-order chi connectivity index (χ0) is 36.1. The number of aromatic nitrogens is 5. The third-order valence-corrected chi connectivity index (χ3v) is 11.1. The van der Waals surface area contributed by atoms with Crippen LogP contribution in [-0.4, -0.2) is 92.0 Å². The minimum Gasteiger partial charge on any atom is -0.461 e. The van der Waals surface area contributed by atoms with E-state index in [0.717, 1.165) is 45.0 Å². The van der Waals surface area contributed by atoms with E-state index in [2.05, 4.69) is 24.8 Å². The van der Waals surface area contributed by atoms with Crippen LogP contribution < -0.4 is 9.64 Å². The summed E-state index contributed by atoms with van der Waals surface area (Å²) in [4.78, 5) is 41.1. The number of ether oxygens (including phenoxy) is 1. The molecule has 3 aliphatic heterocycles. The van der Waals surface area contributed by atoms with Gasteiger partial charge in [-0.3, -0.25) is 14.7 Å². The van der Waals surface area contributed by atoms with Crippen LogP contribution in [0, 0.1) is 24.4 Å². The Morgan fingerprint density at radius 3 is 2.65 bits per heavy atom. The van der Waals surface area contributed by atoms with Crippen molar-refractivity contribution >= 4 is 51.1 Å². The molecule has 1 atom stereocenters. The number of nitrogens with zero attached hydrogens (tertiary/aromatic N) is 8. The van der Waals surface area contributed by atoms with Gasteiger partial charge in [0.2, 0.25) is 5.91 Å². The number of carbonyl (C=O) groups excluding carboxylic acids is 1. The summed E-state index contributed by atoms with van der Waals surface area (Å²) in [6.07, 6.45) is 10.1. The zero-order valence-corrected chi connectivity index (χ0v) is 29.5. The Hall–Kier alpha value is -4.88. The third kappa shape index (κ3) is 6.09. The van der Waals surface area contributed by atoms with E-state index in [1.807, 2.05) is 11.9 Å². The molecule has 268 valence electrons. The minimum absolute atomic E-state index is 0.00427. The van der Waals surface area contributed by atoms with Crippen LogP contribution in [0.5, 0.6) is 6.01 Å². The molecule has 0 aliphatic carbocycles. The van der Waals surface area contributed by atoms with E-state index in [1.165, 1.54) is 24.4 Å². The molecular weight excluding hydrogens is 693 g/mol. The highest BCUT2D eigenvalue weighted by Crippen LogP contribution is 2.41. The fourth-order valence-electron chi connectivity index (χ4n) is 7.99. The predicted octanol–water partition coefficient (Wildman–Crippen LogP) is 6.77. The van der Waals surface area contributed by atoms with E-state index < -0.39 is 17.5 Å². The number of halogens is 4. The Kier molecular flexibility index (Phi) is 8.94. The standard InChI is InChI=1S/C38H36ClF3N8O2/c1-22-43-19-28(41)29(45-22)10-11-30(51)49-17-12-24(20-49)48(2)36-26-18-44-34(25-7-3-6-23-8-9-27(40)32(39)31(23)25)33(42)35(26)46-37(47-36)52-21-38-13-4-15-50(38)16-5-14-38/h3,6-11,18-19,24H,4-5,12-17,20-21H2,1-2H3/b11-10+/t24-/m1/s1. The van der Waals surface area contributed by atoms with Gasteiger partial charge < -0.3 is 14.5 Å². The average Bonchev–Trinajstić information content (AvgIpc) is 3.89. The van der Waals surface area contributed by atoms with Gasteiger partial charge >= 0.3 is 6.01 Å². The lowest BCUT2D eigenvalue weighted by Crippen LogP contribution is -2.43. The molecule has 3 fully saturated rings. The molecule has 2 aromatic carbocycles. The first-order valence-electron chi connectivity index (χ1n) is 17.4. The molecule has 14 heteroatoms. The topological polar surface area (TPSA) is 100 Å². The molecule has 0 radical (unpaired) electrons. The molecule has 8 rings (SSSR count). The molecule has 0 N–H and O–H groups in total. The monoisotopic (exact) mass is 728 g/mol. The number of hydrogen-bond acceptors (Lipinski definition) is 9. The number of rotatable bonds is 8. The maximum absolute atomic E-state index is 16.8. The third-order valence-electron chi connectivity index (χ3n) is 10.7. The molecule has 52 heavy (non-hydrogen) atoms. The summed E-state index contributed by atoms with van der Waals surface area (Å²) in [7, 11) is 1.84. The van der Waals surface area contributed by atoms with Crippen molar-refractivity contribution in [1.29, 1.82) is 0 Å². The van der Waals surface area contributed by atoms with Crippen molar-refractivity contribution in [2.45, 2.75) is 50.6 Å². The summed E-state index contributed by atoms with van der Waals surface area (Å²) in [6.45, 7) is 4.86. The second-order valence-electron chi connectivity index (χ2n) is 13.8. The number of likely N-dealkylation sites (N-methyl/N-ethyl adjacent to an activating group) is 1. The lowest BCUT2D eigenvalue weighted by molar-refractivity contribution is -0.124. The predicted molar refractivity (Wildman–Crippen MR) is 193 cm³/mol. The SMILES string of the molecule is Cc1ncc(F)c(/C=C/C(=O)N2CC[C@@H](N(C)c3nc(OCC45CCCN4CCC5)nc4c(F)c(-c5cccc6ccc(F)c(Cl)c56)ncc34)C2)n1. The van der Waals surface area contributed by atoms with Gasteiger partial charge in [-0.15, -0.1) is 0 Å². The van der Waals surface area contributed by atoms with Crippen molar-refractivity contribution in [1.82, 2.24) is 34.7 Å². The number of pyridine rings is 1. The van der Waals surface area contributed by atoms with Crippen LogP contribution in [0.1, 0.15) is 43.6 Å². The summed E-state index contributed by atoms with van der Waals surface area (Å²) < 4.78 is 52.0. The van der Waals surface area contributed by atoms with E-state index in [-0.39, 0.29) is 45.4 Å². The fraction of sp³-hybridized carbons (Fsp3) is 0.368. The summed E-state index contributed by atoms with van der Waals surface area (Å²) in [6, 6.07) is 7.89. The quantitative estimate of drug-likeness (QED) is 0.160. The molecule has 5 aromatic rings. The van der Waals surface area contributed by atoms with E-state index in [0.29, 0.717) is 59.5 Å². The molecule has 1 amide bonds. The zero-order valence-electron chi connectivity index (χ0n) is 28.8. The van der Waals surface area contributed by atoms with Gasteiger partial charge in [0.05, 0.1) is 22.1 Å². The first-order chi connectivity index (χ1) is 25.1. The van der Waals surface area contributed by atoms with E-state index in [9.17, 15) is 13.6 Å². The molecule has 0 saturated carbocycles. The summed E-state index contributed by atoms with van der Waals surface area (Å²) in [5, 5.41) is 1.23. The molecule has 3 saturated heterocycles. The summed E-state index contributed by atoms with van der Waals surface area (Å²) in [5.41, 5.74) is 0.253. The molecule has 0 spiro atoms. The van der Waals surface area contributed by atoms with Crippen LogP contribution in [0.25, 0.3) is 39.0 Å². The number of hydrogen-bond donors (Lipinski definition) is 0. The average molecular weight is 729 g/mol. The van der Waals surface area contributed by atoms with Crippen molar-refractivity contribution in [3.63, 3.8) is 0 Å². The number of amides is 1. The highest BCUT2D eigenvalue weighted by molar-refractivity contribution is 6.36. The lowest BCUT2D eigenvalue weighted by Gasteiger charge is -2.31. The van der Waals surface area contributed by atoms with Gasteiger partial charge in [0.15, 0.2) is 11.6 Å². The number of benzene rings is 2. The van der Waals surface area contributed by atoms with Gasteiger partial charge in [-0.2, -0.15) is 9.97 Å². The number of anilines is 1. The Bertz CT molecular complexity index is 2240. The molecule has 0 bridgehead atoms. The van der Waals surface area contributed by atoms with Crippen molar-refractivity contribution in [2.75, 3.05) is 44.7 Å². The van der Waals surface area contributed by atoms with Gasteiger partial charge in [-0.1, -0.05) is 35.9 Å². The maximum atomic E-state index is 16.8. The molecule has 3 aliphatic rings. The molecule has 10 nitrogen and oxygen atoms in total. The van der Waals surface area contributed by atoms with Gasteiger partial charge in [-0.05, 0) is 69.6 Å². The number of likely N-dealkylation sites (tertiary alicyclic amines) is 1. The van der Waals surface area contributed by atoms with Crippen molar-refractivity contribution in [2.24, 2.45) is 0 Å². The number of fused-ring (bicyclic) bond motifs is 3. The van der Waals surface area contributed by atoms with Crippen LogP contribution in [0.15, 0.2) is 48.8 Å². The van der Waals surface area contributed by atoms with E-state index in [1.54, 1.807) is 36.1 Å². The summed E-state index contributed by atoms with van der Waals surface area (Å²) in [5.74, 6) is -1.44. The maximum Gasteiger partial charge on any atom is 0.319 e. The van der Waals surface area contributed by atoms with Crippen LogP contribution in [0.3, 0.4) is 0 Å². The minimum atomic E-state index is -0.714. The van der Waals surface area contributed by atoms with Gasteiger partial charge in [-0.25, -0.2) is 23.1 Å². The van der Waals surface area contributed by atoms with Crippen LogP contribution in [-0.2, 0) is 4.79 Å². The van der Waals surface area contributed by atoms with Crippen LogP contribution in [0.2, 0.25) is 5.02 Å². The smallest absolute Gasteiger partial charge is 0.319 e. The Balaban J connectivity index is 1.14. The fourth-order valence-corrected chi connectivity index (χ4v) is 8.26. The highest BCUT2D eigenvalue weighted by atomic mass is 35.5. The summed E-state index contributed by atoms with van der Waals surface area (Å²) >= 11 is 6.43. The number of aryl methyl sites for hydroxylation is 1. The number of carbonyl (C=O) groups is 1. The van der Waals surface area contributed by atoms with Gasteiger partial charge in [0.25, 0.3) is 0 Å². The Morgan fingerprint density at radius 1 is 1.04 bits per heavy atom. The van der Waals surface area contributed by atoms with E-state index >= 15 is 4.39 Å². The van der Waals surface area contributed by atoms with Gasteiger partial charge in [0.1, 0.15) is 41.0 Å². The second-order valence-corrected chi connectivity index (χ2v) is 14.2. The molecule has 6 heterocycles. The largest absolute Gasteiger partial charge is 0.461 e. The Labute approximate surface area is 303 Å². The van der Waals surface area contributed by atoms with Crippen molar-refractivity contribution in [3.05, 3.63) is 82.8 Å². The Morgan fingerprint density at radius 2 is 1.85 bits per heavy atom. The van der Waals surface area contributed by atoms with Crippen LogP contribution in [0.4, 0.5) is 19.0 Å². The first kappa shape index (κ1) is 34.2. The second kappa shape index (κ2) is 13.6. The van der Waals surface area contributed by atoms with Crippen molar-refractivity contribution < 1.29 is 22.7 Å². The molecular formula is C38H36ClF3N8O2. The van der Waals surface area contributed by atoms with Crippen LogP contribution >= 0.6 is 11.6 Å². The molecule has 0 unspecified atom stereocenters. The first-order valence-corrected chi connectivity index (χ1v) is 17.8. The highest BCUT2D eigenvalue weighted by Gasteiger charge is 2.45.